The summed E-state index contributed by atoms with van der Waals surface area (Å²) in [5, 5.41) is 0.0512. The Morgan fingerprint density at radius 1 is 1.25 bits per heavy atom. The molecular formula is C18H13ClN2O5S2. The lowest BCUT2D eigenvalue weighted by molar-refractivity contribution is 0.391. The van der Waals surface area contributed by atoms with Crippen molar-refractivity contribution >= 4 is 55.1 Å². The van der Waals surface area contributed by atoms with Gasteiger partial charge in [0.05, 0.1) is 34.0 Å². The molecule has 10 heteroatoms. The van der Waals surface area contributed by atoms with E-state index >= 15 is 0 Å². The molecule has 144 valence electrons. The average molecular weight is 437 g/mol. The van der Waals surface area contributed by atoms with E-state index in [2.05, 4.69) is 4.98 Å². The molecule has 0 aliphatic heterocycles. The van der Waals surface area contributed by atoms with E-state index in [0.717, 1.165) is 17.3 Å². The highest BCUT2D eigenvalue weighted by atomic mass is 35.5. The van der Waals surface area contributed by atoms with Crippen molar-refractivity contribution in [2.75, 3.05) is 13.4 Å². The summed E-state index contributed by atoms with van der Waals surface area (Å²) in [5.41, 5.74) is 1.86. The van der Waals surface area contributed by atoms with E-state index in [4.69, 9.17) is 20.5 Å². The molecule has 4 rings (SSSR count). The summed E-state index contributed by atoms with van der Waals surface area (Å²) in [7, 11) is -2.41. The van der Waals surface area contributed by atoms with Crippen molar-refractivity contribution in [3.05, 3.63) is 61.9 Å². The molecule has 2 aromatic heterocycles. The molecule has 0 unspecified atom stereocenters. The number of methoxy groups -OCH3 is 1. The second kappa shape index (κ2) is 6.77. The number of hydrogen-bond donors (Lipinski definition) is 0. The number of para-hydroxylation sites is 2. The number of ether oxygens (including phenoxy) is 1. The summed E-state index contributed by atoms with van der Waals surface area (Å²) in [6, 6.07) is 10.5. The number of aromatic nitrogens is 2. The van der Waals surface area contributed by atoms with Gasteiger partial charge in [0.1, 0.15) is 0 Å². The Bertz CT molecular complexity index is 1440. The van der Waals surface area contributed by atoms with Gasteiger partial charge in [-0.2, -0.15) is 8.42 Å². The molecule has 2 aromatic carbocycles. The fourth-order valence-corrected chi connectivity index (χ4v) is 4.58. The van der Waals surface area contributed by atoms with Gasteiger partial charge in [0.25, 0.3) is 5.56 Å². The Kier molecular flexibility index (Phi) is 4.53. The van der Waals surface area contributed by atoms with Gasteiger partial charge in [-0.15, -0.1) is 0 Å². The monoisotopic (exact) mass is 436 g/mol. The normalized spacial score (nSPS) is 12.8. The topological polar surface area (TPSA) is 87.0 Å². The SMILES string of the molecule is COc1cc(/C=c2\sc3nc4ccccc4n3c2=O)cc(Cl)c1OS(C)(=O)=O. The molecule has 0 aliphatic rings. The van der Waals surface area contributed by atoms with E-state index < -0.39 is 10.1 Å². The zero-order valence-corrected chi connectivity index (χ0v) is 17.1. The molecule has 0 atom stereocenters. The van der Waals surface area contributed by atoms with Crippen LogP contribution in [0.15, 0.2) is 41.2 Å². The maximum atomic E-state index is 12.8. The molecule has 2 heterocycles. The predicted octanol–water partition coefficient (Wildman–Crippen LogP) is 2.46. The van der Waals surface area contributed by atoms with Crippen LogP contribution in [-0.4, -0.2) is 31.2 Å². The van der Waals surface area contributed by atoms with Gasteiger partial charge in [-0.05, 0) is 35.9 Å². The van der Waals surface area contributed by atoms with E-state index in [-0.39, 0.29) is 22.1 Å². The average Bonchev–Trinajstić information content (AvgIpc) is 3.13. The van der Waals surface area contributed by atoms with Crippen LogP contribution in [0.1, 0.15) is 5.56 Å². The minimum atomic E-state index is -3.78. The molecule has 0 spiro atoms. The van der Waals surface area contributed by atoms with E-state index in [1.807, 2.05) is 24.3 Å². The molecule has 0 N–H and O–H groups in total. The maximum Gasteiger partial charge on any atom is 0.306 e. The number of hydrogen-bond acceptors (Lipinski definition) is 7. The summed E-state index contributed by atoms with van der Waals surface area (Å²) in [4.78, 5) is 17.9. The number of imidazole rings is 1. The van der Waals surface area contributed by atoms with Crippen LogP contribution < -0.4 is 19.0 Å². The first-order valence-corrected chi connectivity index (χ1v) is 11.0. The van der Waals surface area contributed by atoms with Crippen molar-refractivity contribution in [2.24, 2.45) is 0 Å². The Hall–Kier alpha value is -2.62. The molecule has 4 aromatic rings. The molecule has 0 radical (unpaired) electrons. The van der Waals surface area contributed by atoms with Gasteiger partial charge < -0.3 is 8.92 Å². The minimum absolute atomic E-state index is 0.0512. The molecule has 0 saturated heterocycles. The van der Waals surface area contributed by atoms with Crippen LogP contribution in [0.2, 0.25) is 5.02 Å². The molecule has 0 bridgehead atoms. The van der Waals surface area contributed by atoms with Crippen molar-refractivity contribution in [3.8, 4) is 11.5 Å². The largest absolute Gasteiger partial charge is 0.493 e. The molecule has 28 heavy (non-hydrogen) atoms. The number of halogens is 1. The zero-order chi connectivity index (χ0) is 20.1. The van der Waals surface area contributed by atoms with E-state index in [0.29, 0.717) is 15.1 Å². The predicted molar refractivity (Wildman–Crippen MR) is 109 cm³/mol. The Balaban J connectivity index is 1.88. The number of fused-ring (bicyclic) bond motifs is 3. The van der Waals surface area contributed by atoms with E-state index in [1.165, 1.54) is 24.5 Å². The van der Waals surface area contributed by atoms with Crippen LogP contribution in [-0.2, 0) is 10.1 Å². The third-order valence-electron chi connectivity index (χ3n) is 3.93. The standard InChI is InChI=1S/C18H13ClN2O5S2/c1-25-14-8-10(7-11(19)16(14)26-28(2,23)24)9-15-17(22)21-13-6-4-3-5-12(13)20-18(21)27-15/h3-9H,1-2H3/b15-9-. The summed E-state index contributed by atoms with van der Waals surface area (Å²) in [6.07, 6.45) is 2.56. The molecule has 0 amide bonds. The second-order valence-electron chi connectivity index (χ2n) is 5.96. The Labute approximate surface area is 168 Å². The van der Waals surface area contributed by atoms with Gasteiger partial charge in [-0.25, -0.2) is 9.38 Å². The molecule has 0 fully saturated rings. The molecule has 0 saturated carbocycles. The minimum Gasteiger partial charge on any atom is -0.493 e. The highest BCUT2D eigenvalue weighted by Gasteiger charge is 2.17. The number of rotatable bonds is 4. The lowest BCUT2D eigenvalue weighted by atomic mass is 10.2. The molecular weight excluding hydrogens is 424 g/mol. The lowest BCUT2D eigenvalue weighted by Gasteiger charge is -2.11. The van der Waals surface area contributed by atoms with Crippen LogP contribution in [0, 0.1) is 0 Å². The van der Waals surface area contributed by atoms with Crippen LogP contribution in [0.25, 0.3) is 22.1 Å². The quantitative estimate of drug-likeness (QED) is 0.457. The Morgan fingerprint density at radius 3 is 2.71 bits per heavy atom. The maximum absolute atomic E-state index is 12.8. The smallest absolute Gasteiger partial charge is 0.306 e. The highest BCUT2D eigenvalue weighted by molar-refractivity contribution is 7.86. The van der Waals surface area contributed by atoms with Crippen LogP contribution in [0.5, 0.6) is 11.5 Å². The van der Waals surface area contributed by atoms with E-state index in [1.54, 1.807) is 16.5 Å². The van der Waals surface area contributed by atoms with Gasteiger partial charge in [-0.1, -0.05) is 35.1 Å². The van der Waals surface area contributed by atoms with Crippen molar-refractivity contribution in [1.82, 2.24) is 9.38 Å². The first-order chi connectivity index (χ1) is 13.3. The number of thiazole rings is 1. The molecule has 7 nitrogen and oxygen atoms in total. The Morgan fingerprint density at radius 2 is 2.00 bits per heavy atom. The van der Waals surface area contributed by atoms with Crippen molar-refractivity contribution in [3.63, 3.8) is 0 Å². The van der Waals surface area contributed by atoms with Gasteiger partial charge >= 0.3 is 10.1 Å². The third kappa shape index (κ3) is 3.32. The number of nitrogens with zero attached hydrogens (tertiary/aromatic N) is 2. The van der Waals surface area contributed by atoms with Gasteiger partial charge in [0.15, 0.2) is 10.7 Å². The summed E-state index contributed by atoms with van der Waals surface area (Å²) in [6.45, 7) is 0. The van der Waals surface area contributed by atoms with Crippen molar-refractivity contribution in [1.29, 1.82) is 0 Å². The summed E-state index contributed by atoms with van der Waals surface area (Å²) < 4.78 is 35.0. The number of benzene rings is 2. The van der Waals surface area contributed by atoms with Gasteiger partial charge in [0, 0.05) is 0 Å². The second-order valence-corrected chi connectivity index (χ2v) is 8.95. The fourth-order valence-electron chi connectivity index (χ4n) is 2.82. The molecule has 0 aliphatic carbocycles. The van der Waals surface area contributed by atoms with Crippen molar-refractivity contribution in [2.45, 2.75) is 0 Å². The third-order valence-corrected chi connectivity index (χ3v) is 5.65. The van der Waals surface area contributed by atoms with Gasteiger partial charge in [-0.3, -0.25) is 4.79 Å². The lowest BCUT2D eigenvalue weighted by Crippen LogP contribution is -2.22. The summed E-state index contributed by atoms with van der Waals surface area (Å²) >= 11 is 7.43. The van der Waals surface area contributed by atoms with E-state index in [9.17, 15) is 13.2 Å². The zero-order valence-electron chi connectivity index (χ0n) is 14.7. The van der Waals surface area contributed by atoms with Crippen LogP contribution in [0.4, 0.5) is 0 Å². The van der Waals surface area contributed by atoms with Crippen LogP contribution >= 0.6 is 22.9 Å². The summed E-state index contributed by atoms with van der Waals surface area (Å²) in [5.74, 6) is 0.0431. The van der Waals surface area contributed by atoms with Crippen LogP contribution in [0.3, 0.4) is 0 Å². The first-order valence-electron chi connectivity index (χ1n) is 7.95. The fraction of sp³-hybridized carbons (Fsp3) is 0.111. The van der Waals surface area contributed by atoms with Crippen molar-refractivity contribution < 1.29 is 17.3 Å². The first kappa shape index (κ1) is 18.7. The highest BCUT2D eigenvalue weighted by Crippen LogP contribution is 2.37. The van der Waals surface area contributed by atoms with Gasteiger partial charge in [0.2, 0.25) is 5.75 Å².